The SMILES string of the molecule is CCOC(=O)C1(c2ccc(N)cn2)CCC(O[Si](C)(C)C(C)(C)C)CC1. The van der Waals surface area contributed by atoms with Gasteiger partial charge in [0.15, 0.2) is 8.32 Å². The van der Waals surface area contributed by atoms with E-state index in [1.54, 1.807) is 6.20 Å². The molecule has 1 aromatic heterocycles. The molecule has 2 N–H and O–H groups in total. The van der Waals surface area contributed by atoms with E-state index in [1.807, 2.05) is 19.1 Å². The molecule has 1 aliphatic carbocycles. The third-order valence-corrected chi connectivity index (χ3v) is 10.5. The molecule has 26 heavy (non-hydrogen) atoms. The summed E-state index contributed by atoms with van der Waals surface area (Å²) in [4.78, 5) is 17.3. The average Bonchev–Trinajstić information content (AvgIpc) is 2.55. The minimum absolute atomic E-state index is 0.178. The van der Waals surface area contributed by atoms with E-state index in [-0.39, 0.29) is 17.1 Å². The Balaban J connectivity index is 2.19. The van der Waals surface area contributed by atoms with Crippen LogP contribution in [0.2, 0.25) is 18.1 Å². The molecule has 0 atom stereocenters. The number of hydrogen-bond acceptors (Lipinski definition) is 5. The molecule has 5 nitrogen and oxygen atoms in total. The number of anilines is 1. The standard InChI is InChI=1S/C20H34N2O3Si/c1-7-24-18(23)20(17-9-8-15(21)14-22-17)12-10-16(11-13-20)25-26(5,6)19(2,3)4/h8-9,14,16H,7,10-13,21H2,1-6H3. The van der Waals surface area contributed by atoms with Crippen molar-refractivity contribution >= 4 is 20.0 Å². The van der Waals surface area contributed by atoms with Crippen LogP contribution in [0.3, 0.4) is 0 Å². The number of esters is 1. The van der Waals surface area contributed by atoms with Crippen LogP contribution < -0.4 is 5.73 Å². The second-order valence-corrected chi connectivity index (χ2v) is 13.6. The van der Waals surface area contributed by atoms with Gasteiger partial charge in [-0.05, 0) is 62.9 Å². The van der Waals surface area contributed by atoms with Crippen molar-refractivity contribution in [2.45, 2.75) is 83.0 Å². The summed E-state index contributed by atoms with van der Waals surface area (Å²) in [6.07, 6.45) is 4.90. The molecule has 0 bridgehead atoms. The van der Waals surface area contributed by atoms with Gasteiger partial charge in [-0.25, -0.2) is 0 Å². The maximum absolute atomic E-state index is 12.8. The molecule has 1 heterocycles. The molecule has 146 valence electrons. The summed E-state index contributed by atoms with van der Waals surface area (Å²) in [6.45, 7) is 13.5. The number of ether oxygens (including phenoxy) is 1. The number of rotatable bonds is 5. The molecule has 0 radical (unpaired) electrons. The van der Waals surface area contributed by atoms with Crippen LogP contribution in [0.15, 0.2) is 18.3 Å². The first kappa shape index (κ1) is 20.9. The summed E-state index contributed by atoms with van der Waals surface area (Å²) in [7, 11) is -1.82. The molecule has 1 aliphatic rings. The average molecular weight is 379 g/mol. The van der Waals surface area contributed by atoms with E-state index in [2.05, 4.69) is 38.8 Å². The number of carbonyl (C=O) groups excluding carboxylic acids is 1. The predicted octanol–water partition coefficient (Wildman–Crippen LogP) is 4.43. The third kappa shape index (κ3) is 4.28. The molecule has 1 saturated carbocycles. The van der Waals surface area contributed by atoms with Gasteiger partial charge in [-0.1, -0.05) is 20.8 Å². The minimum Gasteiger partial charge on any atom is -0.465 e. The van der Waals surface area contributed by atoms with Gasteiger partial charge in [0.1, 0.15) is 5.41 Å². The van der Waals surface area contributed by atoms with Gasteiger partial charge in [0.05, 0.1) is 24.2 Å². The van der Waals surface area contributed by atoms with Crippen molar-refractivity contribution in [2.24, 2.45) is 0 Å². The quantitative estimate of drug-likeness (QED) is 0.606. The van der Waals surface area contributed by atoms with Crippen molar-refractivity contribution in [3.8, 4) is 0 Å². The van der Waals surface area contributed by atoms with Gasteiger partial charge in [-0.2, -0.15) is 0 Å². The van der Waals surface area contributed by atoms with Crippen LogP contribution in [-0.4, -0.2) is 32.0 Å². The van der Waals surface area contributed by atoms with Gasteiger partial charge >= 0.3 is 5.97 Å². The molecule has 0 saturated heterocycles. The van der Waals surface area contributed by atoms with E-state index in [0.717, 1.165) is 18.5 Å². The highest BCUT2D eigenvalue weighted by molar-refractivity contribution is 6.74. The van der Waals surface area contributed by atoms with E-state index in [1.165, 1.54) is 0 Å². The van der Waals surface area contributed by atoms with Crippen molar-refractivity contribution in [3.63, 3.8) is 0 Å². The van der Waals surface area contributed by atoms with Crippen LogP contribution in [-0.2, 0) is 19.4 Å². The van der Waals surface area contributed by atoms with Crippen molar-refractivity contribution in [1.82, 2.24) is 4.98 Å². The molecule has 0 unspecified atom stereocenters. The van der Waals surface area contributed by atoms with E-state index in [9.17, 15) is 4.79 Å². The fraction of sp³-hybridized carbons (Fsp3) is 0.700. The lowest BCUT2D eigenvalue weighted by molar-refractivity contribution is -0.152. The first-order chi connectivity index (χ1) is 12.0. The maximum atomic E-state index is 12.8. The van der Waals surface area contributed by atoms with Gasteiger partial charge < -0.3 is 14.9 Å². The molecular formula is C20H34N2O3Si. The molecule has 0 aromatic carbocycles. The second kappa shape index (κ2) is 7.68. The third-order valence-electron chi connectivity index (χ3n) is 6.00. The number of nitrogens with zero attached hydrogens (tertiary/aromatic N) is 1. The Morgan fingerprint density at radius 3 is 2.38 bits per heavy atom. The van der Waals surface area contributed by atoms with E-state index < -0.39 is 13.7 Å². The lowest BCUT2D eigenvalue weighted by Gasteiger charge is -2.43. The van der Waals surface area contributed by atoms with Crippen LogP contribution in [0.5, 0.6) is 0 Å². The fourth-order valence-electron chi connectivity index (χ4n) is 3.32. The fourth-order valence-corrected chi connectivity index (χ4v) is 4.74. The molecule has 0 aliphatic heterocycles. The van der Waals surface area contributed by atoms with Crippen LogP contribution in [0, 0.1) is 0 Å². The molecular weight excluding hydrogens is 344 g/mol. The topological polar surface area (TPSA) is 74.4 Å². The van der Waals surface area contributed by atoms with Gasteiger partial charge in [0, 0.05) is 6.10 Å². The number of nitrogens with two attached hydrogens (primary N) is 1. The zero-order valence-corrected chi connectivity index (χ0v) is 18.1. The highest BCUT2D eigenvalue weighted by Gasteiger charge is 2.48. The van der Waals surface area contributed by atoms with Crippen molar-refractivity contribution in [1.29, 1.82) is 0 Å². The lowest BCUT2D eigenvalue weighted by Crippen LogP contribution is -2.48. The molecule has 2 rings (SSSR count). The van der Waals surface area contributed by atoms with E-state index in [0.29, 0.717) is 25.1 Å². The molecule has 0 amide bonds. The van der Waals surface area contributed by atoms with Crippen LogP contribution >= 0.6 is 0 Å². The Morgan fingerprint density at radius 1 is 1.31 bits per heavy atom. The Labute approximate surface area is 158 Å². The smallest absolute Gasteiger partial charge is 0.318 e. The van der Waals surface area contributed by atoms with Crippen LogP contribution in [0.25, 0.3) is 0 Å². The highest BCUT2D eigenvalue weighted by atomic mass is 28.4. The number of aromatic nitrogens is 1. The number of carbonyl (C=O) groups is 1. The first-order valence-corrected chi connectivity index (χ1v) is 12.5. The van der Waals surface area contributed by atoms with E-state index >= 15 is 0 Å². The second-order valence-electron chi connectivity index (χ2n) is 8.86. The predicted molar refractivity (Wildman–Crippen MR) is 107 cm³/mol. The zero-order valence-electron chi connectivity index (χ0n) is 17.1. The van der Waals surface area contributed by atoms with Crippen LogP contribution in [0.4, 0.5) is 5.69 Å². The van der Waals surface area contributed by atoms with Gasteiger partial charge in [0.2, 0.25) is 0 Å². The van der Waals surface area contributed by atoms with E-state index in [4.69, 9.17) is 14.9 Å². The number of pyridine rings is 1. The summed E-state index contributed by atoms with van der Waals surface area (Å²) in [5, 5.41) is 0.182. The first-order valence-electron chi connectivity index (χ1n) is 9.59. The van der Waals surface area contributed by atoms with Crippen molar-refractivity contribution in [2.75, 3.05) is 12.3 Å². The molecule has 0 spiro atoms. The van der Waals surface area contributed by atoms with Crippen molar-refractivity contribution < 1.29 is 14.0 Å². The highest BCUT2D eigenvalue weighted by Crippen LogP contribution is 2.44. The summed E-state index contributed by atoms with van der Waals surface area (Å²) in [5.41, 5.74) is 6.45. The van der Waals surface area contributed by atoms with Crippen molar-refractivity contribution in [3.05, 3.63) is 24.0 Å². The summed E-state index contributed by atoms with van der Waals surface area (Å²) in [6, 6.07) is 3.67. The Morgan fingerprint density at radius 2 is 1.92 bits per heavy atom. The van der Waals surface area contributed by atoms with Crippen LogP contribution in [0.1, 0.15) is 59.1 Å². The Bertz CT molecular complexity index is 615. The van der Waals surface area contributed by atoms with Gasteiger partial charge in [-0.3, -0.25) is 9.78 Å². The normalized spacial score (nSPS) is 24.3. The lowest BCUT2D eigenvalue weighted by atomic mass is 9.70. The number of nitrogen functional groups attached to an aromatic ring is 1. The Hall–Kier alpha value is -1.40. The summed E-state index contributed by atoms with van der Waals surface area (Å²) >= 11 is 0. The number of hydrogen-bond donors (Lipinski definition) is 1. The van der Waals surface area contributed by atoms with Gasteiger partial charge in [0.25, 0.3) is 0 Å². The zero-order chi connectivity index (χ0) is 19.6. The molecule has 1 fully saturated rings. The molecule has 1 aromatic rings. The minimum atomic E-state index is -1.82. The summed E-state index contributed by atoms with van der Waals surface area (Å²) in [5.74, 6) is -0.178. The van der Waals surface area contributed by atoms with Gasteiger partial charge in [-0.15, -0.1) is 0 Å². The largest absolute Gasteiger partial charge is 0.465 e. The summed E-state index contributed by atoms with van der Waals surface area (Å²) < 4.78 is 12.0. The Kier molecular flexibility index (Phi) is 6.18. The maximum Gasteiger partial charge on any atom is 0.318 e. The monoisotopic (exact) mass is 378 g/mol. The molecule has 6 heteroatoms.